The quantitative estimate of drug-likeness (QED) is 0.254. The molecule has 32 heavy (non-hydrogen) atoms. The first kappa shape index (κ1) is 31.5. The average molecular weight is 534 g/mol. The van der Waals surface area contributed by atoms with E-state index in [2.05, 4.69) is 96.2 Å². The Hall–Kier alpha value is -0.500. The van der Waals surface area contributed by atoms with E-state index in [1.54, 1.807) is 46.1 Å². The van der Waals surface area contributed by atoms with Crippen molar-refractivity contribution in [1.82, 2.24) is 0 Å². The average Bonchev–Trinajstić information content (AvgIpc) is 2.94. The van der Waals surface area contributed by atoms with E-state index in [4.69, 9.17) is 4.43 Å². The monoisotopic (exact) mass is 532 g/mol. The minimum Gasteiger partial charge on any atom is -0.422 e. The van der Waals surface area contributed by atoms with Gasteiger partial charge in [-0.1, -0.05) is 31.4 Å². The zero-order valence-corrected chi connectivity index (χ0v) is 27.5. The number of rotatable bonds is 5. The van der Waals surface area contributed by atoms with Gasteiger partial charge in [0.25, 0.3) is 0 Å². The summed E-state index contributed by atoms with van der Waals surface area (Å²) in [5.41, 5.74) is 10.0. The fourth-order valence-corrected chi connectivity index (χ4v) is 9.86. The maximum absolute atomic E-state index is 5.18. The first-order valence-electron chi connectivity index (χ1n) is 12.0. The molecule has 3 heteroatoms. The molecule has 1 nitrogen and oxygen atoms in total. The molecule has 2 rings (SSSR count). The van der Waals surface area contributed by atoms with Crippen molar-refractivity contribution in [2.75, 3.05) is 0 Å². The zero-order valence-electron chi connectivity index (χ0n) is 23.6. The molecular formula is C29H50OSiZr. The predicted molar refractivity (Wildman–Crippen MR) is 145 cm³/mol. The summed E-state index contributed by atoms with van der Waals surface area (Å²) in [7, 11) is -0.133. The smallest absolute Gasteiger partial charge is 0.158 e. The van der Waals surface area contributed by atoms with Crippen molar-refractivity contribution in [1.29, 1.82) is 0 Å². The fourth-order valence-electron chi connectivity index (χ4n) is 4.28. The molecule has 0 aliphatic heterocycles. The molecule has 0 N–H and O–H groups in total. The van der Waals surface area contributed by atoms with Crippen LogP contribution in [-0.4, -0.2) is 15.9 Å². The Morgan fingerprint density at radius 2 is 1.19 bits per heavy atom. The maximum Gasteiger partial charge on any atom is 0.158 e. The topological polar surface area (TPSA) is 9.23 Å². The van der Waals surface area contributed by atoms with Gasteiger partial charge in [-0.25, -0.2) is 0 Å². The van der Waals surface area contributed by atoms with Crippen LogP contribution >= 0.6 is 0 Å². The van der Waals surface area contributed by atoms with Crippen molar-refractivity contribution in [2.24, 2.45) is 10.8 Å². The van der Waals surface area contributed by atoms with Gasteiger partial charge < -0.3 is 4.43 Å². The Morgan fingerprint density at radius 3 is 1.31 bits per heavy atom. The van der Waals surface area contributed by atoms with Gasteiger partial charge >= 0.3 is 143 Å². The molecule has 0 unspecified atom stereocenters. The van der Waals surface area contributed by atoms with Gasteiger partial charge in [-0.2, -0.15) is 0 Å². The molecular weight excluding hydrogens is 484 g/mol. The Kier molecular flexibility index (Phi) is 13.2. The summed E-state index contributed by atoms with van der Waals surface area (Å²) in [6.07, 6.45) is 6.04. The van der Waals surface area contributed by atoms with Gasteiger partial charge in [0.15, 0.2) is 9.76 Å². The summed E-state index contributed by atoms with van der Waals surface area (Å²) in [5, 5.41) is 0. The standard InChI is InChI=1S/2C10H15.C5H8.C4H12OSi.Zr/c2*1-7-6-10(4,5)9(3)8(7)2;1-3-5-4-2;1-4(2)5-6-3;/h2*1-5H3;3-5H,1H2,2H3;4H,6H2,1-3H3;. The van der Waals surface area contributed by atoms with Gasteiger partial charge in [-0.3, -0.25) is 0 Å². The number of allylic oxidation sites excluding steroid dienone is 11. The third kappa shape index (κ3) is 7.51. The van der Waals surface area contributed by atoms with Gasteiger partial charge in [0, 0.05) is 6.10 Å². The van der Waals surface area contributed by atoms with Gasteiger partial charge in [0.05, 0.1) is 0 Å². The zero-order chi connectivity index (χ0) is 25.4. The molecule has 0 radical (unpaired) electrons. The number of hydrogen-bond acceptors (Lipinski definition) is 1. The van der Waals surface area contributed by atoms with Crippen LogP contribution in [0.25, 0.3) is 0 Å². The number of hydrogen-bond donors (Lipinski definition) is 0. The molecule has 0 aromatic rings. The molecule has 180 valence electrons. The van der Waals surface area contributed by atoms with Crippen LogP contribution in [0.4, 0.5) is 0 Å². The molecule has 2 aliphatic carbocycles. The molecule has 0 aromatic carbocycles. The van der Waals surface area contributed by atoms with Crippen LogP contribution in [0.1, 0.15) is 90.0 Å². The second-order valence-corrected chi connectivity index (χ2v) is 14.1. The van der Waals surface area contributed by atoms with E-state index in [9.17, 15) is 0 Å². The second-order valence-electron chi connectivity index (χ2n) is 10.1. The Bertz CT molecular complexity index is 773. The van der Waals surface area contributed by atoms with Crippen LogP contribution in [0.3, 0.4) is 0 Å². The summed E-state index contributed by atoms with van der Waals surface area (Å²) in [6, 6.07) is 0. The van der Waals surface area contributed by atoms with Crippen LogP contribution in [0.2, 0.25) is 6.55 Å². The molecule has 0 saturated heterocycles. The Labute approximate surface area is 214 Å². The molecule has 0 bridgehead atoms. The third-order valence-corrected chi connectivity index (χ3v) is 14.3. The van der Waals surface area contributed by atoms with Crippen molar-refractivity contribution in [2.45, 2.75) is 103 Å². The largest absolute Gasteiger partial charge is 0.422 e. The second kappa shape index (κ2) is 13.4. The van der Waals surface area contributed by atoms with Crippen molar-refractivity contribution >= 4 is 9.76 Å². The minimum atomic E-state index is -0.730. The normalized spacial score (nSPS) is 19.8. The molecule has 0 spiro atoms. The van der Waals surface area contributed by atoms with E-state index in [1.807, 2.05) is 19.1 Å². The van der Waals surface area contributed by atoms with E-state index in [0.717, 1.165) is 0 Å². The Morgan fingerprint density at radius 1 is 0.812 bits per heavy atom. The summed E-state index contributed by atoms with van der Waals surface area (Å²) < 4.78 is 8.78. The van der Waals surface area contributed by atoms with E-state index >= 15 is 0 Å². The third-order valence-electron chi connectivity index (χ3n) is 7.20. The minimum absolute atomic E-state index is 0.133. The molecule has 0 atom stereocenters. The molecule has 2 aliphatic rings. The van der Waals surface area contributed by atoms with Crippen LogP contribution in [0.15, 0.2) is 64.8 Å². The summed E-state index contributed by atoms with van der Waals surface area (Å²) in [5.74, 6) is 0. The molecule has 0 fully saturated rings. The van der Waals surface area contributed by atoms with E-state index in [0.29, 0.717) is 6.10 Å². The molecule has 0 saturated carbocycles. The maximum atomic E-state index is 5.18. The van der Waals surface area contributed by atoms with Crippen molar-refractivity contribution in [3.8, 4) is 0 Å². The van der Waals surface area contributed by atoms with Crippen LogP contribution in [-0.2, 0) is 27.7 Å². The fraction of sp³-hybridized carbons (Fsp3) is 0.586. The predicted octanol–water partition coefficient (Wildman–Crippen LogP) is 8.66. The van der Waals surface area contributed by atoms with Crippen LogP contribution in [0.5, 0.6) is 0 Å². The molecule has 0 amide bonds. The van der Waals surface area contributed by atoms with Gasteiger partial charge in [0.2, 0.25) is 0 Å². The van der Waals surface area contributed by atoms with E-state index < -0.39 is 23.2 Å². The molecule has 0 heterocycles. The molecule has 0 aromatic heterocycles. The van der Waals surface area contributed by atoms with Crippen LogP contribution in [0, 0.1) is 10.8 Å². The van der Waals surface area contributed by atoms with Gasteiger partial charge in [-0.15, -0.1) is 0 Å². The SMILES string of the molecule is C=CC=CC.CC1=C(C)C(C)(C)[C]([Zr][C]2=C(C)C(C)=C(C)C2(C)C)=C1C.C[SiH2]OC(C)C. The summed E-state index contributed by atoms with van der Waals surface area (Å²) in [4.78, 5) is 0. The Balaban J connectivity index is 0.000000726. The van der Waals surface area contributed by atoms with Crippen LogP contribution < -0.4 is 0 Å². The van der Waals surface area contributed by atoms with Gasteiger partial charge in [0.1, 0.15) is 0 Å². The first-order chi connectivity index (χ1) is 14.6. The van der Waals surface area contributed by atoms with E-state index in [-0.39, 0.29) is 20.6 Å². The van der Waals surface area contributed by atoms with E-state index in [1.165, 1.54) is 0 Å². The van der Waals surface area contributed by atoms with Crippen molar-refractivity contribution < 1.29 is 27.7 Å². The first-order valence-corrected chi connectivity index (χ1v) is 16.5. The van der Waals surface area contributed by atoms with Gasteiger partial charge in [-0.05, 0) is 20.8 Å². The van der Waals surface area contributed by atoms with Crippen molar-refractivity contribution in [3.63, 3.8) is 0 Å². The summed E-state index contributed by atoms with van der Waals surface area (Å²) >= 11 is -0.730. The summed E-state index contributed by atoms with van der Waals surface area (Å²) in [6.45, 7) is 35.4. The van der Waals surface area contributed by atoms with Crippen molar-refractivity contribution in [3.05, 3.63) is 64.8 Å².